The molecule has 0 aliphatic carbocycles. The van der Waals surface area contributed by atoms with E-state index >= 15 is 0 Å². The number of ether oxygens (including phenoxy) is 3. The molecule has 0 spiro atoms. The minimum Gasteiger partial charge on any atom is -0.466 e. The zero-order valence-corrected chi connectivity index (χ0v) is 33.4. The Labute approximate surface area is 310 Å². The number of aliphatic hydroxyl groups is 1. The van der Waals surface area contributed by atoms with Crippen molar-refractivity contribution in [3.63, 3.8) is 0 Å². The first-order valence-corrected chi connectivity index (χ1v) is 21.3. The van der Waals surface area contributed by atoms with Gasteiger partial charge >= 0.3 is 5.97 Å². The number of carbonyl (C=O) groups is 1. The van der Waals surface area contributed by atoms with Crippen molar-refractivity contribution in [2.75, 3.05) is 46.1 Å². The van der Waals surface area contributed by atoms with Gasteiger partial charge in [-0.3, -0.25) is 4.79 Å². The van der Waals surface area contributed by atoms with Crippen LogP contribution in [-0.4, -0.2) is 68.3 Å². The third-order valence-electron chi connectivity index (χ3n) is 9.05. The number of rotatable bonds is 40. The molecular weight excluding hydrogens is 622 g/mol. The molecule has 0 bridgehead atoms. The zero-order chi connectivity index (χ0) is 36.4. The smallest absolute Gasteiger partial charge is 0.305 e. The van der Waals surface area contributed by atoms with E-state index in [1.807, 2.05) is 0 Å². The van der Waals surface area contributed by atoms with Gasteiger partial charge in [0.25, 0.3) is 0 Å². The van der Waals surface area contributed by atoms with Crippen molar-refractivity contribution in [1.82, 2.24) is 4.90 Å². The maximum atomic E-state index is 12.0. The van der Waals surface area contributed by atoms with Crippen LogP contribution in [-0.2, 0) is 19.0 Å². The summed E-state index contributed by atoms with van der Waals surface area (Å²) in [5.41, 5.74) is 0. The molecule has 0 aromatic rings. The molecule has 0 aliphatic heterocycles. The molecule has 50 heavy (non-hydrogen) atoms. The number of hydrogen-bond donors (Lipinski definition) is 1. The highest BCUT2D eigenvalue weighted by atomic mass is 16.7. The lowest BCUT2D eigenvalue weighted by atomic mass is 10.1. The molecule has 294 valence electrons. The molecule has 0 saturated carbocycles. The van der Waals surface area contributed by atoms with Crippen LogP contribution in [0.3, 0.4) is 0 Å². The van der Waals surface area contributed by atoms with Crippen LogP contribution in [0.2, 0.25) is 0 Å². The molecule has 0 atom stereocenters. The monoisotopic (exact) mass is 706 g/mol. The van der Waals surface area contributed by atoms with E-state index in [0.29, 0.717) is 13.0 Å². The van der Waals surface area contributed by atoms with Gasteiger partial charge in [0.15, 0.2) is 6.29 Å². The van der Waals surface area contributed by atoms with Crippen LogP contribution in [0, 0.1) is 0 Å². The number of esters is 1. The number of aliphatic hydroxyl groups excluding tert-OH is 1. The molecule has 0 heterocycles. The molecule has 0 aliphatic rings. The summed E-state index contributed by atoms with van der Waals surface area (Å²) in [5, 5.41) is 9.56. The summed E-state index contributed by atoms with van der Waals surface area (Å²) in [6, 6.07) is 0. The van der Waals surface area contributed by atoms with Gasteiger partial charge in [-0.2, -0.15) is 0 Å². The van der Waals surface area contributed by atoms with Crippen molar-refractivity contribution in [2.45, 2.75) is 194 Å². The summed E-state index contributed by atoms with van der Waals surface area (Å²) in [7, 11) is 0. The Bertz CT molecular complexity index is 744. The highest BCUT2D eigenvalue weighted by Crippen LogP contribution is 2.14. The van der Waals surface area contributed by atoms with Crippen molar-refractivity contribution in [3.05, 3.63) is 36.5 Å². The molecule has 6 nitrogen and oxygen atoms in total. The van der Waals surface area contributed by atoms with Crippen LogP contribution in [0.25, 0.3) is 0 Å². The van der Waals surface area contributed by atoms with Gasteiger partial charge in [-0.25, -0.2) is 0 Å². The fraction of sp³-hybridized carbons (Fsp3) is 0.841. The van der Waals surface area contributed by atoms with Crippen LogP contribution in [0.4, 0.5) is 0 Å². The van der Waals surface area contributed by atoms with Gasteiger partial charge in [0.1, 0.15) is 0 Å². The maximum Gasteiger partial charge on any atom is 0.305 e. The second kappa shape index (κ2) is 41.9. The van der Waals surface area contributed by atoms with Crippen molar-refractivity contribution in [3.8, 4) is 0 Å². The largest absolute Gasteiger partial charge is 0.466 e. The number of unbranched alkanes of at least 4 members (excludes halogenated alkanes) is 16. The lowest BCUT2D eigenvalue weighted by Gasteiger charge is -2.21. The Balaban J connectivity index is 3.97. The number of allylic oxidation sites excluding steroid dienone is 6. The van der Waals surface area contributed by atoms with Gasteiger partial charge in [-0.1, -0.05) is 109 Å². The average molecular weight is 706 g/mol. The molecule has 0 aromatic carbocycles. The van der Waals surface area contributed by atoms with E-state index in [0.717, 1.165) is 129 Å². The molecule has 0 unspecified atom stereocenters. The molecule has 6 heteroatoms. The van der Waals surface area contributed by atoms with E-state index in [2.05, 4.69) is 62.1 Å². The molecule has 0 amide bonds. The van der Waals surface area contributed by atoms with Crippen LogP contribution in [0.15, 0.2) is 36.5 Å². The van der Waals surface area contributed by atoms with Crippen molar-refractivity contribution in [2.24, 2.45) is 0 Å². The molecule has 0 saturated heterocycles. The first-order valence-electron chi connectivity index (χ1n) is 21.3. The topological polar surface area (TPSA) is 68.2 Å². The minimum atomic E-state index is -0.0661. The summed E-state index contributed by atoms with van der Waals surface area (Å²) in [5.74, 6) is -0.0457. The molecule has 0 rings (SSSR count). The Hall–Kier alpha value is -1.47. The number of nitrogens with zero attached hydrogens (tertiary/aromatic N) is 1. The summed E-state index contributed by atoms with van der Waals surface area (Å²) < 4.78 is 17.8. The van der Waals surface area contributed by atoms with Gasteiger partial charge in [-0.05, 0) is 122 Å². The van der Waals surface area contributed by atoms with Crippen molar-refractivity contribution >= 4 is 5.97 Å². The number of carbonyl (C=O) groups excluding carboxylic acids is 1. The van der Waals surface area contributed by atoms with Crippen LogP contribution >= 0.6 is 0 Å². The lowest BCUT2D eigenvalue weighted by Crippen LogP contribution is -2.29. The predicted molar refractivity (Wildman–Crippen MR) is 215 cm³/mol. The summed E-state index contributed by atoms with van der Waals surface area (Å²) in [6.07, 6.45) is 42.5. The van der Waals surface area contributed by atoms with Gasteiger partial charge < -0.3 is 24.2 Å². The zero-order valence-electron chi connectivity index (χ0n) is 33.4. The average Bonchev–Trinajstić information content (AvgIpc) is 3.12. The summed E-state index contributed by atoms with van der Waals surface area (Å²) in [6.45, 7) is 11.8. The van der Waals surface area contributed by atoms with E-state index in [9.17, 15) is 9.90 Å². The molecule has 0 aromatic heterocycles. The van der Waals surface area contributed by atoms with Gasteiger partial charge in [0, 0.05) is 26.2 Å². The predicted octanol–water partition coefficient (Wildman–Crippen LogP) is 12.1. The third kappa shape index (κ3) is 37.8. The Morgan fingerprint density at radius 1 is 0.540 bits per heavy atom. The van der Waals surface area contributed by atoms with Crippen LogP contribution in [0.5, 0.6) is 0 Å². The maximum absolute atomic E-state index is 12.0. The number of hydrogen-bond acceptors (Lipinski definition) is 6. The summed E-state index contributed by atoms with van der Waals surface area (Å²) >= 11 is 0. The SMILES string of the molecule is CC/C=C\CCCCOC(CCCCCCCN(CCO)CCCCCCCC(=O)OCCC/C=C\CCCCC)OCCCC/C=C\CC. The Morgan fingerprint density at radius 2 is 1.04 bits per heavy atom. The normalized spacial score (nSPS) is 12.2. The lowest BCUT2D eigenvalue weighted by molar-refractivity contribution is -0.148. The Kier molecular flexibility index (Phi) is 40.7. The van der Waals surface area contributed by atoms with E-state index < -0.39 is 0 Å². The fourth-order valence-corrected chi connectivity index (χ4v) is 5.94. The Morgan fingerprint density at radius 3 is 1.60 bits per heavy atom. The van der Waals surface area contributed by atoms with Crippen LogP contribution < -0.4 is 0 Å². The van der Waals surface area contributed by atoms with Crippen molar-refractivity contribution in [1.29, 1.82) is 0 Å². The second-order valence-electron chi connectivity index (χ2n) is 13.9. The van der Waals surface area contributed by atoms with E-state index in [1.54, 1.807) is 0 Å². The standard InChI is InChI=1S/C44H83NO5/c1-4-7-10-13-16-17-26-31-40-48-43(47)34-27-20-18-22-29-36-45(38-39-46)37-30-23-19-21-28-35-44(49-41-32-24-14-11-8-5-2)50-42-33-25-15-12-9-6-3/h8-9,11-12,16-17,44,46H,4-7,10,13-15,18-42H2,1-3H3/b11-8-,12-9-,17-16-. The quantitative estimate of drug-likeness (QED) is 0.0296. The fourth-order valence-electron chi connectivity index (χ4n) is 5.94. The minimum absolute atomic E-state index is 0.0457. The summed E-state index contributed by atoms with van der Waals surface area (Å²) in [4.78, 5) is 14.4. The van der Waals surface area contributed by atoms with E-state index in [4.69, 9.17) is 14.2 Å². The van der Waals surface area contributed by atoms with Crippen molar-refractivity contribution < 1.29 is 24.1 Å². The third-order valence-corrected chi connectivity index (χ3v) is 9.05. The molecule has 0 fully saturated rings. The van der Waals surface area contributed by atoms with E-state index in [-0.39, 0.29) is 18.9 Å². The van der Waals surface area contributed by atoms with Gasteiger partial charge in [0.2, 0.25) is 0 Å². The van der Waals surface area contributed by atoms with Gasteiger partial charge in [0.05, 0.1) is 13.2 Å². The first kappa shape index (κ1) is 48.5. The molecule has 1 N–H and O–H groups in total. The molecular formula is C44H83NO5. The van der Waals surface area contributed by atoms with Gasteiger partial charge in [-0.15, -0.1) is 0 Å². The van der Waals surface area contributed by atoms with E-state index in [1.165, 1.54) is 64.2 Å². The highest BCUT2D eigenvalue weighted by molar-refractivity contribution is 5.69. The highest BCUT2D eigenvalue weighted by Gasteiger charge is 2.10. The van der Waals surface area contributed by atoms with Crippen LogP contribution in [0.1, 0.15) is 188 Å². The first-order chi connectivity index (χ1) is 24.7. The molecule has 0 radical (unpaired) electrons. The second-order valence-corrected chi connectivity index (χ2v) is 13.9.